The Hall–Kier alpha value is -2.91. The molecule has 0 saturated heterocycles. The molecule has 0 aliphatic rings. The molecule has 0 radical (unpaired) electrons. The fourth-order valence-electron chi connectivity index (χ4n) is 3.21. The molecule has 0 bridgehead atoms. The molecular weight excluding hydrogens is 477 g/mol. The largest absolute Gasteiger partial charge is 0.451 e. The minimum absolute atomic E-state index is 0.00482. The highest BCUT2D eigenvalue weighted by atomic mass is 16.4. The lowest BCUT2D eigenvalue weighted by molar-refractivity contribution is -0.132. The molecule has 11 nitrogen and oxygen atoms in total. The second kappa shape index (κ2) is 18.4. The first-order valence-corrected chi connectivity index (χ1v) is 12.9. The van der Waals surface area contributed by atoms with Gasteiger partial charge in [0.25, 0.3) is 5.91 Å². The molecule has 0 unspecified atom stereocenters. The standard InChI is InChI=1S/C25H44BN5O6/c1-16(2)13-20(14-27)24(34)28-12-8-7-9-21(25(35)29-15-18(5)10-11-26(36)37)31-23(33)19(6)30-22(32)17(3)4/h13,16-19,21,36-37H,7-12,15H2,1-6H3,(H,28,34)(H,29,35)(H,30,32)(H,31,33)/t18-,19+,21+/m1/s1. The van der Waals surface area contributed by atoms with Crippen LogP contribution >= 0.6 is 0 Å². The van der Waals surface area contributed by atoms with Crippen molar-refractivity contribution < 1.29 is 29.2 Å². The van der Waals surface area contributed by atoms with Gasteiger partial charge in [-0.1, -0.05) is 47.1 Å². The fourth-order valence-corrected chi connectivity index (χ4v) is 3.21. The van der Waals surface area contributed by atoms with Crippen LogP contribution in [0.15, 0.2) is 11.6 Å². The van der Waals surface area contributed by atoms with E-state index in [1.165, 1.54) is 0 Å². The number of hydrogen-bond donors (Lipinski definition) is 6. The zero-order chi connectivity index (χ0) is 28.5. The molecule has 6 N–H and O–H groups in total. The Kier molecular flexibility index (Phi) is 16.9. The van der Waals surface area contributed by atoms with Crippen molar-refractivity contribution in [2.45, 2.75) is 85.6 Å². The maximum absolute atomic E-state index is 12.9. The summed E-state index contributed by atoms with van der Waals surface area (Å²) >= 11 is 0. The molecule has 0 spiro atoms. The molecule has 0 aliphatic carbocycles. The lowest BCUT2D eigenvalue weighted by Crippen LogP contribution is -2.53. The number of carbonyl (C=O) groups excluding carboxylic acids is 4. The molecule has 0 aromatic carbocycles. The van der Waals surface area contributed by atoms with Crippen LogP contribution in [-0.4, -0.2) is 66.0 Å². The number of nitrogens with zero attached hydrogens (tertiary/aromatic N) is 1. The number of unbranched alkanes of at least 4 members (excludes halogenated alkanes) is 1. The molecule has 0 aromatic heterocycles. The van der Waals surface area contributed by atoms with Crippen LogP contribution in [-0.2, 0) is 19.2 Å². The molecule has 3 atom stereocenters. The lowest BCUT2D eigenvalue weighted by atomic mass is 9.81. The number of amides is 4. The molecule has 12 heteroatoms. The van der Waals surface area contributed by atoms with Gasteiger partial charge < -0.3 is 31.3 Å². The Morgan fingerprint density at radius 3 is 2.08 bits per heavy atom. The third-order valence-corrected chi connectivity index (χ3v) is 5.52. The van der Waals surface area contributed by atoms with Crippen LogP contribution in [0.4, 0.5) is 0 Å². The van der Waals surface area contributed by atoms with Gasteiger partial charge in [0, 0.05) is 19.0 Å². The SMILES string of the molecule is CC(C)C=C(C#N)C(=O)NCCCC[C@H](NC(=O)[C@H](C)NC(=O)C(C)C)C(=O)NC[C@H](C)CCB(O)O. The van der Waals surface area contributed by atoms with Crippen molar-refractivity contribution in [2.24, 2.45) is 17.8 Å². The predicted molar refractivity (Wildman–Crippen MR) is 142 cm³/mol. The highest BCUT2D eigenvalue weighted by Gasteiger charge is 2.25. The normalized spacial score (nSPS) is 13.8. The van der Waals surface area contributed by atoms with Gasteiger partial charge >= 0.3 is 7.12 Å². The van der Waals surface area contributed by atoms with Crippen LogP contribution in [0.25, 0.3) is 0 Å². The first-order valence-electron chi connectivity index (χ1n) is 12.9. The van der Waals surface area contributed by atoms with Gasteiger partial charge in [-0.25, -0.2) is 0 Å². The van der Waals surface area contributed by atoms with E-state index in [0.717, 1.165) is 0 Å². The van der Waals surface area contributed by atoms with Gasteiger partial charge in [0.15, 0.2) is 0 Å². The summed E-state index contributed by atoms with van der Waals surface area (Å²) < 4.78 is 0. The van der Waals surface area contributed by atoms with Crippen molar-refractivity contribution in [3.8, 4) is 6.07 Å². The van der Waals surface area contributed by atoms with Crippen LogP contribution in [0, 0.1) is 29.1 Å². The minimum atomic E-state index is -1.40. The van der Waals surface area contributed by atoms with E-state index in [9.17, 15) is 19.2 Å². The predicted octanol–water partition coefficient (Wildman–Crippen LogP) is 0.640. The van der Waals surface area contributed by atoms with Gasteiger partial charge in [0.1, 0.15) is 23.7 Å². The second-order valence-electron chi connectivity index (χ2n) is 10.0. The van der Waals surface area contributed by atoms with Gasteiger partial charge in [0.2, 0.25) is 17.7 Å². The van der Waals surface area contributed by atoms with Gasteiger partial charge in [-0.15, -0.1) is 0 Å². The van der Waals surface area contributed by atoms with Crippen molar-refractivity contribution in [3.63, 3.8) is 0 Å². The number of nitriles is 1. The first-order chi connectivity index (χ1) is 17.3. The van der Waals surface area contributed by atoms with Crippen LogP contribution in [0.5, 0.6) is 0 Å². The summed E-state index contributed by atoms with van der Waals surface area (Å²) in [5, 5.41) is 38.0. The zero-order valence-corrected chi connectivity index (χ0v) is 23.0. The highest BCUT2D eigenvalue weighted by Crippen LogP contribution is 2.08. The fraction of sp³-hybridized carbons (Fsp3) is 0.720. The Morgan fingerprint density at radius 1 is 0.892 bits per heavy atom. The Morgan fingerprint density at radius 2 is 1.54 bits per heavy atom. The van der Waals surface area contributed by atoms with E-state index in [4.69, 9.17) is 15.3 Å². The third kappa shape index (κ3) is 15.7. The topological polar surface area (TPSA) is 181 Å². The van der Waals surface area contributed by atoms with E-state index >= 15 is 0 Å². The molecule has 0 heterocycles. The molecule has 4 amide bonds. The average molecular weight is 521 g/mol. The number of nitrogens with one attached hydrogen (secondary N) is 4. The maximum atomic E-state index is 12.9. The number of carbonyl (C=O) groups is 4. The molecule has 208 valence electrons. The molecular formula is C25H44BN5O6. The van der Waals surface area contributed by atoms with Gasteiger partial charge in [-0.3, -0.25) is 19.2 Å². The van der Waals surface area contributed by atoms with Crippen LogP contribution in [0.1, 0.15) is 67.2 Å². The number of rotatable bonds is 17. The lowest BCUT2D eigenvalue weighted by Gasteiger charge is -2.22. The summed E-state index contributed by atoms with van der Waals surface area (Å²) in [6, 6.07) is 0.208. The summed E-state index contributed by atoms with van der Waals surface area (Å²) in [4.78, 5) is 49.6. The molecule has 0 saturated carbocycles. The van der Waals surface area contributed by atoms with Crippen molar-refractivity contribution in [1.82, 2.24) is 21.3 Å². The summed E-state index contributed by atoms with van der Waals surface area (Å²) in [6.07, 6.45) is 3.62. The summed E-state index contributed by atoms with van der Waals surface area (Å²) in [5.74, 6) is -1.83. The Balaban J connectivity index is 5.00. The zero-order valence-electron chi connectivity index (χ0n) is 23.0. The van der Waals surface area contributed by atoms with Gasteiger partial charge in [-0.05, 0) is 44.3 Å². The van der Waals surface area contributed by atoms with Crippen LogP contribution in [0.2, 0.25) is 6.32 Å². The van der Waals surface area contributed by atoms with Crippen LogP contribution < -0.4 is 21.3 Å². The molecule has 0 rings (SSSR count). The number of hydrogen-bond acceptors (Lipinski definition) is 7. The van der Waals surface area contributed by atoms with Crippen LogP contribution in [0.3, 0.4) is 0 Å². The summed E-state index contributed by atoms with van der Waals surface area (Å²) in [5.41, 5.74) is 0.0554. The minimum Gasteiger partial charge on any atom is -0.427 e. The highest BCUT2D eigenvalue weighted by molar-refractivity contribution is 6.40. The van der Waals surface area contributed by atoms with Crippen molar-refractivity contribution in [1.29, 1.82) is 5.26 Å². The first kappa shape index (κ1) is 34.1. The molecule has 37 heavy (non-hydrogen) atoms. The number of allylic oxidation sites excluding steroid dienone is 1. The van der Waals surface area contributed by atoms with Gasteiger partial charge in [-0.2, -0.15) is 5.26 Å². The van der Waals surface area contributed by atoms with E-state index in [1.54, 1.807) is 26.8 Å². The van der Waals surface area contributed by atoms with E-state index in [0.29, 0.717) is 38.8 Å². The van der Waals surface area contributed by atoms with E-state index in [-0.39, 0.29) is 41.5 Å². The molecule has 0 fully saturated rings. The van der Waals surface area contributed by atoms with Crippen molar-refractivity contribution in [2.75, 3.05) is 13.1 Å². The monoisotopic (exact) mass is 521 g/mol. The quantitative estimate of drug-likeness (QED) is 0.0703. The average Bonchev–Trinajstić information content (AvgIpc) is 2.82. The molecule has 0 aliphatic heterocycles. The Labute approximate surface area is 221 Å². The van der Waals surface area contributed by atoms with E-state index in [1.807, 2.05) is 26.8 Å². The Bertz CT molecular complexity index is 825. The third-order valence-electron chi connectivity index (χ3n) is 5.52. The maximum Gasteiger partial charge on any atom is 0.451 e. The summed E-state index contributed by atoms with van der Waals surface area (Å²) in [7, 11) is -1.40. The molecule has 0 aromatic rings. The van der Waals surface area contributed by atoms with Crippen molar-refractivity contribution >= 4 is 30.7 Å². The van der Waals surface area contributed by atoms with Crippen molar-refractivity contribution in [3.05, 3.63) is 11.6 Å². The smallest absolute Gasteiger partial charge is 0.427 e. The second-order valence-corrected chi connectivity index (χ2v) is 10.0. The van der Waals surface area contributed by atoms with E-state index in [2.05, 4.69) is 21.3 Å². The summed E-state index contributed by atoms with van der Waals surface area (Å²) in [6.45, 7) is 11.2. The van der Waals surface area contributed by atoms with Gasteiger partial charge in [0.05, 0.1) is 0 Å². The van der Waals surface area contributed by atoms with E-state index < -0.39 is 31.0 Å².